The van der Waals surface area contributed by atoms with Crippen molar-refractivity contribution < 1.29 is 19.5 Å². The second-order valence-corrected chi connectivity index (χ2v) is 9.94. The molecule has 5 rings (SSSR count). The SMILES string of the molecule is Cc1cc(Cl)c2c(c1)[C@@]1(N[C@H]([C@@H](C)O)[C@H]3C(=O)N(C4CCCCCC4)C(=O)[C@H]31)C(=O)N2. The predicted octanol–water partition coefficient (Wildman–Crippen LogP) is 2.47. The molecular formula is C23H28ClN3O4. The maximum absolute atomic E-state index is 13.8. The van der Waals surface area contributed by atoms with E-state index in [-0.39, 0.29) is 17.9 Å². The first-order valence-electron chi connectivity index (χ1n) is 11.2. The molecule has 0 aromatic heterocycles. The van der Waals surface area contributed by atoms with E-state index in [4.69, 9.17) is 11.6 Å². The Kier molecular flexibility index (Phi) is 4.92. The van der Waals surface area contributed by atoms with Crippen LogP contribution in [-0.2, 0) is 19.9 Å². The van der Waals surface area contributed by atoms with Crippen LogP contribution in [-0.4, -0.2) is 45.9 Å². The van der Waals surface area contributed by atoms with Gasteiger partial charge in [-0.1, -0.05) is 43.4 Å². The Balaban J connectivity index is 1.65. The van der Waals surface area contributed by atoms with Crippen molar-refractivity contribution in [3.63, 3.8) is 0 Å². The summed E-state index contributed by atoms with van der Waals surface area (Å²) in [6, 6.07) is 2.77. The van der Waals surface area contributed by atoms with Gasteiger partial charge in [0.2, 0.25) is 17.7 Å². The Morgan fingerprint density at radius 3 is 2.45 bits per heavy atom. The molecule has 0 unspecified atom stereocenters. The Hall–Kier alpha value is -1.96. The zero-order valence-corrected chi connectivity index (χ0v) is 18.5. The Morgan fingerprint density at radius 1 is 1.13 bits per heavy atom. The van der Waals surface area contributed by atoms with Crippen LogP contribution in [0.15, 0.2) is 12.1 Å². The number of hydrogen-bond acceptors (Lipinski definition) is 5. The van der Waals surface area contributed by atoms with Crippen LogP contribution < -0.4 is 10.6 Å². The molecule has 5 atom stereocenters. The molecule has 3 aliphatic heterocycles. The number of benzene rings is 1. The summed E-state index contributed by atoms with van der Waals surface area (Å²) in [5.74, 6) is -2.65. The first-order valence-corrected chi connectivity index (χ1v) is 11.6. The average molecular weight is 446 g/mol. The third-order valence-electron chi connectivity index (χ3n) is 7.60. The van der Waals surface area contributed by atoms with Gasteiger partial charge in [0, 0.05) is 17.6 Å². The first-order chi connectivity index (χ1) is 14.8. The van der Waals surface area contributed by atoms with Crippen molar-refractivity contribution in [2.24, 2.45) is 11.8 Å². The van der Waals surface area contributed by atoms with E-state index in [0.29, 0.717) is 16.3 Å². The summed E-state index contributed by atoms with van der Waals surface area (Å²) in [4.78, 5) is 42.3. The number of rotatable bonds is 2. The number of amides is 3. The maximum atomic E-state index is 13.8. The Labute approximate surface area is 186 Å². The summed E-state index contributed by atoms with van der Waals surface area (Å²) < 4.78 is 0. The number of nitrogens with zero attached hydrogens (tertiary/aromatic N) is 1. The molecule has 8 heteroatoms. The summed E-state index contributed by atoms with van der Waals surface area (Å²) in [6.45, 7) is 3.47. The average Bonchev–Trinajstić information content (AvgIpc) is 3.18. The third kappa shape index (κ3) is 2.82. The number of hydrogen-bond donors (Lipinski definition) is 3. The molecule has 3 fully saturated rings. The van der Waals surface area contributed by atoms with Crippen LogP contribution in [0.3, 0.4) is 0 Å². The summed E-state index contributed by atoms with van der Waals surface area (Å²) in [7, 11) is 0. The third-order valence-corrected chi connectivity index (χ3v) is 7.90. The fourth-order valence-corrected chi connectivity index (χ4v) is 6.56. The fraction of sp³-hybridized carbons (Fsp3) is 0.609. The summed E-state index contributed by atoms with van der Waals surface area (Å²) in [5, 5.41) is 17.0. The van der Waals surface area contributed by atoms with Crippen molar-refractivity contribution in [1.82, 2.24) is 10.2 Å². The van der Waals surface area contributed by atoms with Crippen molar-refractivity contribution in [1.29, 1.82) is 0 Å². The number of halogens is 1. The minimum absolute atomic E-state index is 0.134. The molecule has 0 radical (unpaired) electrons. The van der Waals surface area contributed by atoms with Gasteiger partial charge in [-0.15, -0.1) is 0 Å². The number of carbonyl (C=O) groups is 3. The maximum Gasteiger partial charge on any atom is 0.250 e. The van der Waals surface area contributed by atoms with Crippen LogP contribution in [0.25, 0.3) is 0 Å². The number of fused-ring (bicyclic) bond motifs is 4. The number of imide groups is 1. The van der Waals surface area contributed by atoms with Gasteiger partial charge in [0.1, 0.15) is 5.54 Å². The van der Waals surface area contributed by atoms with Crippen molar-refractivity contribution in [3.8, 4) is 0 Å². The largest absolute Gasteiger partial charge is 0.392 e. The number of aliphatic hydroxyl groups is 1. The molecule has 31 heavy (non-hydrogen) atoms. The molecule has 1 aromatic carbocycles. The van der Waals surface area contributed by atoms with E-state index in [1.165, 1.54) is 4.90 Å². The molecule has 0 bridgehead atoms. The van der Waals surface area contributed by atoms with Crippen LogP contribution in [0.2, 0.25) is 5.02 Å². The van der Waals surface area contributed by atoms with Gasteiger partial charge in [-0.05, 0) is 38.3 Å². The van der Waals surface area contributed by atoms with Gasteiger partial charge in [-0.2, -0.15) is 0 Å². The quantitative estimate of drug-likeness (QED) is 0.480. The number of aryl methyl sites for hydroxylation is 1. The lowest BCUT2D eigenvalue weighted by Gasteiger charge is -2.32. The zero-order valence-electron chi connectivity index (χ0n) is 17.8. The molecule has 7 nitrogen and oxygen atoms in total. The van der Waals surface area contributed by atoms with Gasteiger partial charge >= 0.3 is 0 Å². The normalized spacial score (nSPS) is 34.1. The van der Waals surface area contributed by atoms with Crippen LogP contribution in [0.1, 0.15) is 56.6 Å². The van der Waals surface area contributed by atoms with E-state index in [1.807, 2.05) is 13.0 Å². The second kappa shape index (κ2) is 7.29. The van der Waals surface area contributed by atoms with Gasteiger partial charge in [0.25, 0.3) is 0 Å². The van der Waals surface area contributed by atoms with E-state index in [1.54, 1.807) is 13.0 Å². The first kappa shape index (κ1) is 20.9. The summed E-state index contributed by atoms with van der Waals surface area (Å²) >= 11 is 6.42. The van der Waals surface area contributed by atoms with Crippen molar-refractivity contribution >= 4 is 35.0 Å². The van der Waals surface area contributed by atoms with Gasteiger partial charge < -0.3 is 10.4 Å². The molecule has 3 amide bonds. The van der Waals surface area contributed by atoms with Crippen molar-refractivity contribution in [3.05, 3.63) is 28.3 Å². The molecule has 3 N–H and O–H groups in total. The molecule has 4 aliphatic rings. The van der Waals surface area contributed by atoms with E-state index >= 15 is 0 Å². The smallest absolute Gasteiger partial charge is 0.250 e. The van der Waals surface area contributed by atoms with Crippen LogP contribution >= 0.6 is 11.6 Å². The number of carbonyl (C=O) groups excluding carboxylic acids is 3. The number of likely N-dealkylation sites (tertiary alicyclic amines) is 1. The Morgan fingerprint density at radius 2 is 1.81 bits per heavy atom. The lowest BCUT2D eigenvalue weighted by atomic mass is 9.76. The van der Waals surface area contributed by atoms with Gasteiger partial charge in [-0.25, -0.2) is 0 Å². The lowest BCUT2D eigenvalue weighted by molar-refractivity contribution is -0.146. The van der Waals surface area contributed by atoms with E-state index in [9.17, 15) is 19.5 Å². The lowest BCUT2D eigenvalue weighted by Crippen LogP contribution is -2.55. The molecule has 1 saturated carbocycles. The highest BCUT2D eigenvalue weighted by Crippen LogP contribution is 2.55. The Bertz CT molecular complexity index is 972. The van der Waals surface area contributed by atoms with E-state index in [2.05, 4.69) is 10.6 Å². The van der Waals surface area contributed by atoms with Crippen molar-refractivity contribution in [2.45, 2.75) is 76.1 Å². The molecule has 1 spiro atoms. The minimum Gasteiger partial charge on any atom is -0.392 e. The number of nitrogens with one attached hydrogen (secondary N) is 2. The molecule has 2 saturated heterocycles. The highest BCUT2D eigenvalue weighted by molar-refractivity contribution is 6.35. The second-order valence-electron chi connectivity index (χ2n) is 9.54. The summed E-state index contributed by atoms with van der Waals surface area (Å²) in [6.07, 6.45) is 4.87. The van der Waals surface area contributed by atoms with Crippen LogP contribution in [0.5, 0.6) is 0 Å². The fourth-order valence-electron chi connectivity index (χ4n) is 6.24. The monoisotopic (exact) mass is 445 g/mol. The van der Waals surface area contributed by atoms with Gasteiger partial charge in [0.15, 0.2) is 0 Å². The van der Waals surface area contributed by atoms with E-state index in [0.717, 1.165) is 44.1 Å². The zero-order chi connectivity index (χ0) is 22.1. The highest BCUT2D eigenvalue weighted by atomic mass is 35.5. The van der Waals surface area contributed by atoms with Crippen molar-refractivity contribution in [2.75, 3.05) is 5.32 Å². The number of aliphatic hydroxyl groups excluding tert-OH is 1. The van der Waals surface area contributed by atoms with Crippen LogP contribution in [0.4, 0.5) is 5.69 Å². The molecule has 1 aliphatic carbocycles. The number of anilines is 1. The molecular weight excluding hydrogens is 418 g/mol. The van der Waals surface area contributed by atoms with Gasteiger partial charge in [-0.3, -0.25) is 24.6 Å². The molecule has 166 valence electrons. The molecule has 1 aromatic rings. The summed E-state index contributed by atoms with van der Waals surface area (Å²) in [5.41, 5.74) is 0.507. The van der Waals surface area contributed by atoms with E-state index < -0.39 is 35.4 Å². The standard InChI is InChI=1S/C23H28ClN3O4/c1-11-9-14-19(15(24)10-11)25-22(31)23(14)17-16(18(26-23)12(2)28)20(29)27(21(17)30)13-7-5-3-4-6-8-13/h9-10,12-13,16-18,26,28H,3-8H2,1-2H3,(H,25,31)/t12-,16+,17+,18-,23+/m1/s1. The minimum atomic E-state index is -1.41. The molecule has 3 heterocycles. The predicted molar refractivity (Wildman–Crippen MR) is 115 cm³/mol. The topological polar surface area (TPSA) is 98.7 Å². The van der Waals surface area contributed by atoms with Gasteiger partial charge in [0.05, 0.1) is 28.6 Å². The highest BCUT2D eigenvalue weighted by Gasteiger charge is 2.71. The van der Waals surface area contributed by atoms with Crippen LogP contribution in [0, 0.1) is 18.8 Å².